The molecule has 170 valence electrons. The van der Waals surface area contributed by atoms with Gasteiger partial charge in [0, 0.05) is 28.7 Å². The van der Waals surface area contributed by atoms with Gasteiger partial charge in [0.1, 0.15) is 0 Å². The summed E-state index contributed by atoms with van der Waals surface area (Å²) in [6, 6.07) is 27.9. The molecule has 0 aliphatic carbocycles. The van der Waals surface area contributed by atoms with E-state index in [9.17, 15) is 14.7 Å². The van der Waals surface area contributed by atoms with Crippen molar-refractivity contribution in [2.45, 2.75) is 17.9 Å². The number of benzene rings is 3. The predicted octanol–water partition coefficient (Wildman–Crippen LogP) is 5.85. The molecule has 4 rings (SSSR count). The minimum Gasteiger partial charge on any atom is -0.478 e. The summed E-state index contributed by atoms with van der Waals surface area (Å²) in [5.74, 6) is -1.39. The van der Waals surface area contributed by atoms with Crippen LogP contribution in [0.2, 0.25) is 0 Å². The average Bonchev–Trinajstić information content (AvgIpc) is 2.86. The monoisotopic (exact) mass is 470 g/mol. The second-order valence-electron chi connectivity index (χ2n) is 7.48. The molecular formula is C27H22N2O4S. The van der Waals surface area contributed by atoms with Crippen LogP contribution in [-0.2, 0) is 22.0 Å². The van der Waals surface area contributed by atoms with Gasteiger partial charge < -0.3 is 14.6 Å². The van der Waals surface area contributed by atoms with Crippen molar-refractivity contribution in [2.24, 2.45) is 0 Å². The number of carbonyl (C=O) groups excluding carboxylic acids is 1. The highest BCUT2D eigenvalue weighted by atomic mass is 32.2. The zero-order chi connectivity index (χ0) is 23.8. The maximum atomic E-state index is 12.4. The number of aromatic carboxylic acids is 1. The number of para-hydroxylation sites is 1. The molecule has 0 aliphatic rings. The second kappa shape index (κ2) is 11.3. The van der Waals surface area contributed by atoms with Gasteiger partial charge >= 0.3 is 5.97 Å². The van der Waals surface area contributed by atoms with E-state index in [4.69, 9.17) is 4.18 Å². The summed E-state index contributed by atoms with van der Waals surface area (Å²) >= 11 is 1.33. The molecule has 2 N–H and O–H groups in total. The molecule has 3 aromatic carbocycles. The highest BCUT2D eigenvalue weighted by molar-refractivity contribution is 7.94. The number of rotatable bonds is 9. The van der Waals surface area contributed by atoms with Gasteiger partial charge in [0.05, 0.1) is 30.0 Å². The second-order valence-corrected chi connectivity index (χ2v) is 8.36. The summed E-state index contributed by atoms with van der Waals surface area (Å²) in [5.41, 5.74) is 3.93. The van der Waals surface area contributed by atoms with Crippen LogP contribution >= 0.6 is 12.0 Å². The van der Waals surface area contributed by atoms with Crippen LogP contribution in [0.5, 0.6) is 0 Å². The van der Waals surface area contributed by atoms with E-state index < -0.39 is 5.97 Å². The van der Waals surface area contributed by atoms with Crippen LogP contribution < -0.4 is 5.32 Å². The van der Waals surface area contributed by atoms with Gasteiger partial charge in [-0.25, -0.2) is 4.79 Å². The van der Waals surface area contributed by atoms with Crippen molar-refractivity contribution in [2.75, 3.05) is 5.32 Å². The Morgan fingerprint density at radius 3 is 2.29 bits per heavy atom. The normalized spacial score (nSPS) is 10.6. The van der Waals surface area contributed by atoms with Crippen molar-refractivity contribution in [3.05, 3.63) is 114 Å². The Labute approximate surface area is 201 Å². The summed E-state index contributed by atoms with van der Waals surface area (Å²) in [5, 5.41) is 11.9. The highest BCUT2D eigenvalue weighted by Gasteiger charge is 2.12. The fourth-order valence-corrected chi connectivity index (χ4v) is 3.86. The van der Waals surface area contributed by atoms with Gasteiger partial charge in [0.25, 0.3) is 0 Å². The lowest BCUT2D eigenvalue weighted by Crippen LogP contribution is -2.16. The van der Waals surface area contributed by atoms with E-state index in [1.807, 2.05) is 66.7 Å². The predicted molar refractivity (Wildman–Crippen MR) is 132 cm³/mol. The smallest absolute Gasteiger partial charge is 0.337 e. The Morgan fingerprint density at radius 2 is 1.59 bits per heavy atom. The maximum Gasteiger partial charge on any atom is 0.337 e. The van der Waals surface area contributed by atoms with Crippen molar-refractivity contribution in [1.82, 2.24) is 4.98 Å². The lowest BCUT2D eigenvalue weighted by molar-refractivity contribution is -0.115. The van der Waals surface area contributed by atoms with E-state index in [0.717, 1.165) is 27.3 Å². The van der Waals surface area contributed by atoms with Crippen molar-refractivity contribution in [3.63, 3.8) is 0 Å². The summed E-state index contributed by atoms with van der Waals surface area (Å²) < 4.78 is 5.70. The quantitative estimate of drug-likeness (QED) is 0.298. The van der Waals surface area contributed by atoms with Crippen molar-refractivity contribution < 1.29 is 18.9 Å². The van der Waals surface area contributed by atoms with Crippen LogP contribution in [0.25, 0.3) is 11.3 Å². The first-order chi connectivity index (χ1) is 16.6. The molecule has 0 atom stereocenters. The van der Waals surface area contributed by atoms with Gasteiger partial charge in [0.15, 0.2) is 0 Å². The molecule has 0 fully saturated rings. The maximum absolute atomic E-state index is 12.4. The van der Waals surface area contributed by atoms with Crippen molar-refractivity contribution in [3.8, 4) is 11.3 Å². The first-order valence-corrected chi connectivity index (χ1v) is 11.3. The van der Waals surface area contributed by atoms with Gasteiger partial charge in [-0.15, -0.1) is 0 Å². The van der Waals surface area contributed by atoms with E-state index in [0.29, 0.717) is 6.61 Å². The Hall–Kier alpha value is -3.94. The standard InChI is InChI=1S/C27H22N2O4S/c30-26(29-25-9-5-4-8-23(25)27(31)32)16-20-10-15-24(28-17-20)21-11-13-22(14-12-21)34-33-18-19-6-2-1-3-7-19/h1-15,17H,16,18H2,(H,29,30)(H,31,32). The number of pyridine rings is 1. The number of anilines is 1. The molecule has 0 saturated heterocycles. The number of nitrogens with zero attached hydrogens (tertiary/aromatic N) is 1. The van der Waals surface area contributed by atoms with Crippen LogP contribution in [0, 0.1) is 0 Å². The molecule has 34 heavy (non-hydrogen) atoms. The molecule has 0 saturated carbocycles. The summed E-state index contributed by atoms with van der Waals surface area (Å²) in [7, 11) is 0. The molecule has 6 nitrogen and oxygen atoms in total. The van der Waals surface area contributed by atoms with Crippen LogP contribution in [0.3, 0.4) is 0 Å². The molecular weight excluding hydrogens is 448 g/mol. The first-order valence-electron chi connectivity index (χ1n) is 10.6. The summed E-state index contributed by atoms with van der Waals surface area (Å²) in [4.78, 5) is 29.1. The van der Waals surface area contributed by atoms with E-state index in [1.54, 1.807) is 24.4 Å². The molecule has 0 radical (unpaired) electrons. The Kier molecular flexibility index (Phi) is 7.70. The van der Waals surface area contributed by atoms with Crippen molar-refractivity contribution >= 4 is 29.6 Å². The van der Waals surface area contributed by atoms with E-state index in [-0.39, 0.29) is 23.6 Å². The van der Waals surface area contributed by atoms with Gasteiger partial charge in [-0.1, -0.05) is 60.7 Å². The molecule has 0 aliphatic heterocycles. The van der Waals surface area contributed by atoms with E-state index in [1.165, 1.54) is 18.1 Å². The zero-order valence-corrected chi connectivity index (χ0v) is 19.0. The molecule has 1 amide bonds. The molecule has 0 bridgehead atoms. The first kappa shape index (κ1) is 23.2. The van der Waals surface area contributed by atoms with Gasteiger partial charge in [0.2, 0.25) is 5.91 Å². The summed E-state index contributed by atoms with van der Waals surface area (Å²) in [6.07, 6.45) is 1.75. The number of hydrogen-bond donors (Lipinski definition) is 2. The molecule has 4 aromatic rings. The number of hydrogen-bond acceptors (Lipinski definition) is 5. The van der Waals surface area contributed by atoms with Crippen LogP contribution in [0.4, 0.5) is 5.69 Å². The third kappa shape index (κ3) is 6.31. The Morgan fingerprint density at radius 1 is 0.853 bits per heavy atom. The number of carbonyl (C=O) groups is 2. The minimum atomic E-state index is -1.09. The van der Waals surface area contributed by atoms with E-state index in [2.05, 4.69) is 10.3 Å². The lowest BCUT2D eigenvalue weighted by atomic mass is 10.1. The molecule has 0 spiro atoms. The fraction of sp³-hybridized carbons (Fsp3) is 0.0741. The Bertz CT molecular complexity index is 1260. The van der Waals surface area contributed by atoms with Crippen molar-refractivity contribution in [1.29, 1.82) is 0 Å². The summed E-state index contributed by atoms with van der Waals surface area (Å²) in [6.45, 7) is 0.533. The molecule has 1 aromatic heterocycles. The third-order valence-electron chi connectivity index (χ3n) is 4.99. The number of nitrogens with one attached hydrogen (secondary N) is 1. The largest absolute Gasteiger partial charge is 0.478 e. The number of amides is 1. The van der Waals surface area contributed by atoms with E-state index >= 15 is 0 Å². The highest BCUT2D eigenvalue weighted by Crippen LogP contribution is 2.25. The van der Waals surface area contributed by atoms with Crippen LogP contribution in [-0.4, -0.2) is 22.0 Å². The van der Waals surface area contributed by atoms with Gasteiger partial charge in [-0.3, -0.25) is 9.78 Å². The number of carboxylic acids is 1. The fourth-order valence-electron chi connectivity index (χ4n) is 3.28. The third-order valence-corrected chi connectivity index (χ3v) is 5.69. The topological polar surface area (TPSA) is 88.5 Å². The molecule has 7 heteroatoms. The lowest BCUT2D eigenvalue weighted by Gasteiger charge is -2.09. The van der Waals surface area contributed by atoms with Crippen LogP contribution in [0.15, 0.2) is 102 Å². The SMILES string of the molecule is O=C(Cc1ccc(-c2ccc(SOCc3ccccc3)cc2)nc1)Nc1ccccc1C(=O)O. The molecule has 0 unspecified atom stereocenters. The number of carboxylic acid groups (broad SMARTS) is 1. The average molecular weight is 471 g/mol. The number of aromatic nitrogens is 1. The zero-order valence-electron chi connectivity index (χ0n) is 18.2. The molecule has 1 heterocycles. The minimum absolute atomic E-state index is 0.0522. The van der Waals surface area contributed by atoms with Gasteiger partial charge in [-0.05, 0) is 41.5 Å². The van der Waals surface area contributed by atoms with Gasteiger partial charge in [-0.2, -0.15) is 0 Å². The Balaban J connectivity index is 1.31. The van der Waals surface area contributed by atoms with Crippen LogP contribution in [0.1, 0.15) is 21.5 Å².